The average Bonchev–Trinajstić information content (AvgIpc) is 2.17. The molecule has 0 N–H and O–H groups in total. The molecule has 0 saturated heterocycles. The number of thioether (sulfide) groups is 1. The minimum Gasteiger partial charge on any atom is -0.272 e. The number of fused-ring (bicyclic) bond motifs is 1. The van der Waals surface area contributed by atoms with Crippen LogP contribution in [0.25, 0.3) is 0 Å². The highest BCUT2D eigenvalue weighted by Gasteiger charge is 2.27. The molecule has 0 bridgehead atoms. The molecule has 82 valence electrons. The molecule has 0 spiro atoms. The molecule has 0 aliphatic carbocycles. The molecule has 1 heterocycles. The lowest BCUT2D eigenvalue weighted by molar-refractivity contribution is 0.545. The molecule has 0 unspecified atom stereocenters. The monoisotopic (exact) mass is 241 g/mol. The number of aliphatic imine (C=N–C) groups is 1. The number of nitrogens with zero attached hydrogens (tertiary/aromatic N) is 1. The quantitative estimate of drug-likeness (QED) is 0.716. The standard InChI is InChI=1S/C12H15NS.ClH/c1-4-11-13-12(2,3)9-7-5-6-8-10(9)14-11;/h5-8H,4H2,1-3H3;1H. The number of hydrogen-bond donors (Lipinski definition) is 0. The van der Waals surface area contributed by atoms with Gasteiger partial charge in [0.05, 0.1) is 10.6 Å². The molecular weight excluding hydrogens is 226 g/mol. The fraction of sp³-hybridized carbons (Fsp3) is 0.417. The first-order chi connectivity index (χ1) is 6.63. The smallest absolute Gasteiger partial charge is 0.0820 e. The van der Waals surface area contributed by atoms with Crippen molar-refractivity contribution in [2.45, 2.75) is 37.6 Å². The van der Waals surface area contributed by atoms with E-state index in [0.717, 1.165) is 6.42 Å². The number of rotatable bonds is 1. The summed E-state index contributed by atoms with van der Waals surface area (Å²) < 4.78 is 0. The molecule has 0 saturated carbocycles. The predicted molar refractivity (Wildman–Crippen MR) is 70.3 cm³/mol. The Morgan fingerprint density at radius 2 is 1.93 bits per heavy atom. The minimum atomic E-state index is -0.0484. The Hall–Kier alpha value is -0.470. The van der Waals surface area contributed by atoms with Crippen molar-refractivity contribution in [1.82, 2.24) is 0 Å². The second kappa shape index (κ2) is 4.58. The van der Waals surface area contributed by atoms with Crippen LogP contribution >= 0.6 is 24.2 Å². The highest BCUT2D eigenvalue weighted by Crippen LogP contribution is 2.40. The second-order valence-electron chi connectivity index (χ2n) is 4.02. The summed E-state index contributed by atoms with van der Waals surface area (Å²) in [7, 11) is 0. The van der Waals surface area contributed by atoms with Gasteiger partial charge in [0.15, 0.2) is 0 Å². The van der Waals surface area contributed by atoms with Gasteiger partial charge >= 0.3 is 0 Å². The molecule has 0 radical (unpaired) electrons. The van der Waals surface area contributed by atoms with E-state index < -0.39 is 0 Å². The molecule has 0 amide bonds. The maximum atomic E-state index is 4.75. The van der Waals surface area contributed by atoms with Gasteiger partial charge in [-0.25, -0.2) is 0 Å². The van der Waals surface area contributed by atoms with Crippen LogP contribution in [-0.2, 0) is 5.54 Å². The molecule has 1 aliphatic heterocycles. The zero-order chi connectivity index (χ0) is 10.2. The molecule has 1 aromatic rings. The molecule has 0 aromatic heterocycles. The Labute approximate surface area is 102 Å². The summed E-state index contributed by atoms with van der Waals surface area (Å²) in [6.45, 7) is 6.53. The first-order valence-corrected chi connectivity index (χ1v) is 5.81. The van der Waals surface area contributed by atoms with Crippen LogP contribution in [0.1, 0.15) is 32.8 Å². The van der Waals surface area contributed by atoms with Crippen LogP contribution in [0.3, 0.4) is 0 Å². The van der Waals surface area contributed by atoms with Gasteiger partial charge in [-0.3, -0.25) is 4.99 Å². The molecule has 3 heteroatoms. The van der Waals surface area contributed by atoms with Crippen LogP contribution in [-0.4, -0.2) is 5.04 Å². The fourth-order valence-electron chi connectivity index (χ4n) is 1.73. The van der Waals surface area contributed by atoms with E-state index in [0.29, 0.717) is 0 Å². The van der Waals surface area contributed by atoms with Crippen molar-refractivity contribution in [3.63, 3.8) is 0 Å². The third-order valence-corrected chi connectivity index (χ3v) is 3.67. The highest BCUT2D eigenvalue weighted by atomic mass is 35.5. The zero-order valence-corrected chi connectivity index (χ0v) is 10.9. The third kappa shape index (κ3) is 2.37. The van der Waals surface area contributed by atoms with Gasteiger partial charge in [0, 0.05) is 4.90 Å². The normalized spacial score (nSPS) is 17.4. The topological polar surface area (TPSA) is 12.4 Å². The van der Waals surface area contributed by atoms with E-state index in [1.807, 2.05) is 11.8 Å². The first kappa shape index (κ1) is 12.6. The molecule has 0 fully saturated rings. The summed E-state index contributed by atoms with van der Waals surface area (Å²) in [5.74, 6) is 0. The highest BCUT2D eigenvalue weighted by molar-refractivity contribution is 8.14. The molecule has 1 aromatic carbocycles. The Kier molecular flexibility index (Phi) is 3.85. The van der Waals surface area contributed by atoms with Crippen LogP contribution in [0.4, 0.5) is 0 Å². The van der Waals surface area contributed by atoms with Crippen molar-refractivity contribution in [2.24, 2.45) is 4.99 Å². The first-order valence-electron chi connectivity index (χ1n) is 4.99. The van der Waals surface area contributed by atoms with Gasteiger partial charge < -0.3 is 0 Å². The van der Waals surface area contributed by atoms with Crippen molar-refractivity contribution in [3.05, 3.63) is 29.8 Å². The second-order valence-corrected chi connectivity index (χ2v) is 5.13. The summed E-state index contributed by atoms with van der Waals surface area (Å²) >= 11 is 1.81. The largest absolute Gasteiger partial charge is 0.272 e. The van der Waals surface area contributed by atoms with E-state index in [-0.39, 0.29) is 17.9 Å². The molecular formula is C12H16ClNS. The van der Waals surface area contributed by atoms with Crippen molar-refractivity contribution in [3.8, 4) is 0 Å². The molecule has 0 atom stereocenters. The van der Waals surface area contributed by atoms with Crippen LogP contribution in [0.15, 0.2) is 34.2 Å². The minimum absolute atomic E-state index is 0. The Morgan fingerprint density at radius 1 is 1.27 bits per heavy atom. The SMILES string of the molecule is CCC1=NC(C)(C)c2ccccc2S1.Cl. The summed E-state index contributed by atoms with van der Waals surface area (Å²) in [5.41, 5.74) is 1.30. The lowest BCUT2D eigenvalue weighted by Gasteiger charge is -2.28. The predicted octanol–water partition coefficient (Wildman–Crippen LogP) is 4.26. The lowest BCUT2D eigenvalue weighted by Crippen LogP contribution is -2.20. The maximum absolute atomic E-state index is 4.75. The summed E-state index contributed by atoms with van der Waals surface area (Å²) in [4.78, 5) is 6.12. The van der Waals surface area contributed by atoms with Crippen LogP contribution in [0.5, 0.6) is 0 Å². The van der Waals surface area contributed by atoms with E-state index >= 15 is 0 Å². The number of halogens is 1. The Balaban J connectivity index is 0.00000112. The average molecular weight is 242 g/mol. The van der Waals surface area contributed by atoms with Crippen molar-refractivity contribution in [1.29, 1.82) is 0 Å². The van der Waals surface area contributed by atoms with Gasteiger partial charge in [0.1, 0.15) is 0 Å². The van der Waals surface area contributed by atoms with Gasteiger partial charge in [-0.2, -0.15) is 0 Å². The van der Waals surface area contributed by atoms with Crippen LogP contribution in [0, 0.1) is 0 Å². The van der Waals surface area contributed by atoms with Gasteiger partial charge in [-0.05, 0) is 31.9 Å². The third-order valence-electron chi connectivity index (χ3n) is 2.48. The van der Waals surface area contributed by atoms with Gasteiger partial charge in [0.25, 0.3) is 0 Å². The zero-order valence-electron chi connectivity index (χ0n) is 9.28. The van der Waals surface area contributed by atoms with E-state index in [1.165, 1.54) is 15.5 Å². The van der Waals surface area contributed by atoms with Gasteiger partial charge in [-0.15, -0.1) is 12.4 Å². The van der Waals surface area contributed by atoms with E-state index in [1.54, 1.807) is 0 Å². The number of benzene rings is 1. The summed E-state index contributed by atoms with van der Waals surface area (Å²) in [6.07, 6.45) is 1.03. The van der Waals surface area contributed by atoms with Crippen LogP contribution in [0.2, 0.25) is 0 Å². The lowest BCUT2D eigenvalue weighted by atomic mass is 9.95. The van der Waals surface area contributed by atoms with E-state index in [9.17, 15) is 0 Å². The summed E-state index contributed by atoms with van der Waals surface area (Å²) in [5, 5.41) is 1.24. The van der Waals surface area contributed by atoms with Gasteiger partial charge in [0.2, 0.25) is 0 Å². The molecule has 15 heavy (non-hydrogen) atoms. The van der Waals surface area contributed by atoms with Crippen LogP contribution < -0.4 is 0 Å². The fourth-order valence-corrected chi connectivity index (χ4v) is 2.98. The van der Waals surface area contributed by atoms with Crippen molar-refractivity contribution < 1.29 is 0 Å². The van der Waals surface area contributed by atoms with Gasteiger partial charge in [-0.1, -0.05) is 36.9 Å². The van der Waals surface area contributed by atoms with E-state index in [2.05, 4.69) is 45.0 Å². The Bertz CT molecular complexity index is 385. The van der Waals surface area contributed by atoms with Crippen molar-refractivity contribution >= 4 is 29.2 Å². The van der Waals surface area contributed by atoms with Crippen molar-refractivity contribution in [2.75, 3.05) is 0 Å². The Morgan fingerprint density at radius 3 is 2.60 bits per heavy atom. The molecule has 1 nitrogen and oxygen atoms in total. The maximum Gasteiger partial charge on any atom is 0.0820 e. The molecule has 2 rings (SSSR count). The number of hydrogen-bond acceptors (Lipinski definition) is 2. The summed E-state index contributed by atoms with van der Waals surface area (Å²) in [6, 6.07) is 8.55. The van der Waals surface area contributed by atoms with E-state index in [4.69, 9.17) is 4.99 Å². The molecule has 1 aliphatic rings.